The van der Waals surface area contributed by atoms with E-state index in [-0.39, 0.29) is 5.91 Å². The van der Waals surface area contributed by atoms with Crippen molar-refractivity contribution < 1.29 is 9.21 Å². The second kappa shape index (κ2) is 5.08. The van der Waals surface area contributed by atoms with Crippen molar-refractivity contribution in [1.29, 1.82) is 0 Å². The van der Waals surface area contributed by atoms with Crippen molar-refractivity contribution in [2.24, 2.45) is 0 Å². The maximum absolute atomic E-state index is 11.9. The van der Waals surface area contributed by atoms with Crippen LogP contribution in [-0.2, 0) is 6.54 Å². The standard InChI is InChI=1S/C15H17NO2/c1-10-5-4-6-13(7-10)9-16-15(17)14-8-11(2)12(3)18-14/h4-8H,9H2,1-3H3,(H,16,17). The third kappa shape index (κ3) is 2.80. The van der Waals surface area contributed by atoms with Gasteiger partial charge in [-0.05, 0) is 38.0 Å². The molecule has 0 bridgehead atoms. The molecule has 1 heterocycles. The first-order valence-electron chi connectivity index (χ1n) is 5.97. The Kier molecular flexibility index (Phi) is 3.51. The summed E-state index contributed by atoms with van der Waals surface area (Å²) in [6.07, 6.45) is 0. The second-order valence-corrected chi connectivity index (χ2v) is 4.52. The van der Waals surface area contributed by atoms with Crippen LogP contribution in [0, 0.1) is 20.8 Å². The zero-order valence-corrected chi connectivity index (χ0v) is 10.9. The Bertz CT molecular complexity index is 550. The van der Waals surface area contributed by atoms with Crippen LogP contribution in [0.25, 0.3) is 0 Å². The molecule has 94 valence electrons. The van der Waals surface area contributed by atoms with Crippen LogP contribution >= 0.6 is 0 Å². The fraction of sp³-hybridized carbons (Fsp3) is 0.267. The number of aryl methyl sites for hydroxylation is 3. The van der Waals surface area contributed by atoms with E-state index in [1.165, 1.54) is 5.56 Å². The molecule has 0 atom stereocenters. The zero-order chi connectivity index (χ0) is 13.1. The van der Waals surface area contributed by atoms with Crippen LogP contribution in [0.3, 0.4) is 0 Å². The lowest BCUT2D eigenvalue weighted by molar-refractivity contribution is 0.0922. The molecular weight excluding hydrogens is 226 g/mol. The summed E-state index contributed by atoms with van der Waals surface area (Å²) in [7, 11) is 0. The second-order valence-electron chi connectivity index (χ2n) is 4.52. The first-order valence-corrected chi connectivity index (χ1v) is 5.97. The first-order chi connectivity index (χ1) is 8.56. The number of amides is 1. The molecule has 0 spiro atoms. The number of furan rings is 1. The van der Waals surface area contributed by atoms with Crippen molar-refractivity contribution in [3.05, 3.63) is 58.5 Å². The molecule has 1 N–H and O–H groups in total. The number of benzene rings is 1. The molecule has 0 aliphatic heterocycles. The van der Waals surface area contributed by atoms with E-state index in [0.29, 0.717) is 12.3 Å². The molecule has 18 heavy (non-hydrogen) atoms. The minimum Gasteiger partial charge on any atom is -0.456 e. The Morgan fingerprint density at radius 2 is 2.00 bits per heavy atom. The molecule has 0 aliphatic carbocycles. The number of hydrogen-bond donors (Lipinski definition) is 1. The van der Waals surface area contributed by atoms with Crippen molar-refractivity contribution in [2.75, 3.05) is 0 Å². The van der Waals surface area contributed by atoms with Gasteiger partial charge in [-0.2, -0.15) is 0 Å². The summed E-state index contributed by atoms with van der Waals surface area (Å²) in [4.78, 5) is 11.9. The van der Waals surface area contributed by atoms with Crippen LogP contribution in [0.2, 0.25) is 0 Å². The van der Waals surface area contributed by atoms with Gasteiger partial charge in [-0.3, -0.25) is 4.79 Å². The SMILES string of the molecule is Cc1cccc(CNC(=O)c2cc(C)c(C)o2)c1. The fourth-order valence-corrected chi connectivity index (χ4v) is 1.78. The summed E-state index contributed by atoms with van der Waals surface area (Å²) in [5, 5.41) is 2.85. The molecule has 0 unspecified atom stereocenters. The Labute approximate surface area is 107 Å². The van der Waals surface area contributed by atoms with E-state index in [1.54, 1.807) is 6.07 Å². The summed E-state index contributed by atoms with van der Waals surface area (Å²) >= 11 is 0. The lowest BCUT2D eigenvalue weighted by atomic mass is 10.1. The third-order valence-electron chi connectivity index (χ3n) is 2.93. The highest BCUT2D eigenvalue weighted by Gasteiger charge is 2.11. The molecule has 0 saturated heterocycles. The highest BCUT2D eigenvalue weighted by molar-refractivity contribution is 5.91. The molecule has 0 saturated carbocycles. The van der Waals surface area contributed by atoms with Crippen LogP contribution < -0.4 is 5.32 Å². The summed E-state index contributed by atoms with van der Waals surface area (Å²) in [5.74, 6) is 0.987. The predicted molar refractivity (Wildman–Crippen MR) is 70.5 cm³/mol. The molecule has 2 aromatic rings. The van der Waals surface area contributed by atoms with Gasteiger partial charge in [0.25, 0.3) is 5.91 Å². The molecular formula is C15H17NO2. The largest absolute Gasteiger partial charge is 0.456 e. The molecule has 3 heteroatoms. The fourth-order valence-electron chi connectivity index (χ4n) is 1.78. The van der Waals surface area contributed by atoms with Crippen molar-refractivity contribution in [2.45, 2.75) is 27.3 Å². The predicted octanol–water partition coefficient (Wildman–Crippen LogP) is 3.13. The molecule has 1 amide bonds. The quantitative estimate of drug-likeness (QED) is 0.899. The third-order valence-corrected chi connectivity index (χ3v) is 2.93. The minimum atomic E-state index is -0.173. The van der Waals surface area contributed by atoms with Crippen LogP contribution in [0.1, 0.15) is 33.0 Å². The van der Waals surface area contributed by atoms with Gasteiger partial charge < -0.3 is 9.73 Å². The minimum absolute atomic E-state index is 0.173. The maximum atomic E-state index is 11.9. The van der Waals surface area contributed by atoms with Crippen molar-refractivity contribution >= 4 is 5.91 Å². The van der Waals surface area contributed by atoms with E-state index in [9.17, 15) is 4.79 Å². The average Bonchev–Trinajstić information content (AvgIpc) is 2.67. The molecule has 3 nitrogen and oxygen atoms in total. The number of nitrogens with one attached hydrogen (secondary N) is 1. The number of carbonyl (C=O) groups excluding carboxylic acids is 1. The monoisotopic (exact) mass is 243 g/mol. The number of hydrogen-bond acceptors (Lipinski definition) is 2. The van der Waals surface area contributed by atoms with E-state index in [0.717, 1.165) is 16.9 Å². The molecule has 1 aromatic carbocycles. The van der Waals surface area contributed by atoms with Gasteiger partial charge in [0.1, 0.15) is 5.76 Å². The van der Waals surface area contributed by atoms with Crippen LogP contribution in [0.5, 0.6) is 0 Å². The van der Waals surface area contributed by atoms with E-state index in [2.05, 4.69) is 11.4 Å². The van der Waals surface area contributed by atoms with E-state index < -0.39 is 0 Å². The lowest BCUT2D eigenvalue weighted by Crippen LogP contribution is -2.22. The van der Waals surface area contributed by atoms with Gasteiger partial charge in [-0.1, -0.05) is 29.8 Å². The number of carbonyl (C=O) groups is 1. The Hall–Kier alpha value is -2.03. The summed E-state index contributed by atoms with van der Waals surface area (Å²) in [6.45, 7) is 6.33. The van der Waals surface area contributed by atoms with Crippen molar-refractivity contribution in [1.82, 2.24) is 5.32 Å². The van der Waals surface area contributed by atoms with Gasteiger partial charge in [0, 0.05) is 6.54 Å². The van der Waals surface area contributed by atoms with Crippen molar-refractivity contribution in [3.8, 4) is 0 Å². The Balaban J connectivity index is 2.00. The Morgan fingerprint density at radius 1 is 1.22 bits per heavy atom. The topological polar surface area (TPSA) is 42.2 Å². The van der Waals surface area contributed by atoms with Crippen molar-refractivity contribution in [3.63, 3.8) is 0 Å². The smallest absolute Gasteiger partial charge is 0.287 e. The molecule has 0 fully saturated rings. The summed E-state index contributed by atoms with van der Waals surface area (Å²) < 4.78 is 5.38. The zero-order valence-electron chi connectivity index (χ0n) is 10.9. The highest BCUT2D eigenvalue weighted by Crippen LogP contribution is 2.13. The molecule has 0 aliphatic rings. The van der Waals surface area contributed by atoms with E-state index in [1.807, 2.05) is 39.0 Å². The average molecular weight is 243 g/mol. The lowest BCUT2D eigenvalue weighted by Gasteiger charge is -2.04. The van der Waals surface area contributed by atoms with Gasteiger partial charge in [-0.25, -0.2) is 0 Å². The van der Waals surface area contributed by atoms with Gasteiger partial charge in [0.15, 0.2) is 5.76 Å². The molecule has 2 rings (SSSR count). The molecule has 1 aromatic heterocycles. The van der Waals surface area contributed by atoms with Crippen LogP contribution in [-0.4, -0.2) is 5.91 Å². The summed E-state index contributed by atoms with van der Waals surface area (Å²) in [5.41, 5.74) is 3.27. The van der Waals surface area contributed by atoms with Gasteiger partial charge in [0.05, 0.1) is 0 Å². The van der Waals surface area contributed by atoms with E-state index in [4.69, 9.17) is 4.42 Å². The van der Waals surface area contributed by atoms with E-state index >= 15 is 0 Å². The highest BCUT2D eigenvalue weighted by atomic mass is 16.3. The van der Waals surface area contributed by atoms with Gasteiger partial charge in [-0.15, -0.1) is 0 Å². The molecule has 0 radical (unpaired) electrons. The number of rotatable bonds is 3. The maximum Gasteiger partial charge on any atom is 0.287 e. The van der Waals surface area contributed by atoms with Gasteiger partial charge >= 0.3 is 0 Å². The van der Waals surface area contributed by atoms with Gasteiger partial charge in [0.2, 0.25) is 0 Å². The van der Waals surface area contributed by atoms with Crippen LogP contribution in [0.15, 0.2) is 34.7 Å². The first kappa shape index (κ1) is 12.4. The Morgan fingerprint density at radius 3 is 2.61 bits per heavy atom. The van der Waals surface area contributed by atoms with Crippen LogP contribution in [0.4, 0.5) is 0 Å². The normalized spacial score (nSPS) is 10.4. The summed E-state index contributed by atoms with van der Waals surface area (Å²) in [6, 6.07) is 9.83.